The van der Waals surface area contributed by atoms with Crippen molar-refractivity contribution < 1.29 is 4.79 Å². The second-order valence-corrected chi connectivity index (χ2v) is 3.32. The van der Waals surface area contributed by atoms with Crippen molar-refractivity contribution in [1.29, 1.82) is 0 Å². The summed E-state index contributed by atoms with van der Waals surface area (Å²) >= 11 is 0. The lowest BCUT2D eigenvalue weighted by Crippen LogP contribution is -2.07. The second-order valence-electron chi connectivity index (χ2n) is 3.32. The number of carbonyl (C=O) groups excluding carboxylic acids is 1. The molecule has 0 aliphatic carbocycles. The van der Waals surface area contributed by atoms with Gasteiger partial charge in [0.1, 0.15) is 5.82 Å². The van der Waals surface area contributed by atoms with Gasteiger partial charge >= 0.3 is 0 Å². The smallest absolute Gasteiger partial charge is 0.249 e. The van der Waals surface area contributed by atoms with Crippen LogP contribution in [-0.4, -0.2) is 10.9 Å². The topological polar surface area (TPSA) is 44.9 Å². The first-order valence-electron chi connectivity index (χ1n) is 5.02. The van der Waals surface area contributed by atoms with Crippen LogP contribution in [0.25, 0.3) is 6.08 Å². The molecule has 1 heterocycles. The van der Waals surface area contributed by atoms with Gasteiger partial charge in [0.2, 0.25) is 5.91 Å². The minimum atomic E-state index is -0.147. The summed E-state index contributed by atoms with van der Waals surface area (Å²) < 4.78 is 0. The van der Waals surface area contributed by atoms with E-state index < -0.39 is 0 Å². The molecule has 0 bridgehead atoms. The first-order valence-corrected chi connectivity index (χ1v) is 5.02. The van der Waals surface area contributed by atoms with E-state index in [1.807, 2.05) is 36.4 Å². The number of rotatable bonds is 3. The van der Waals surface area contributed by atoms with E-state index in [1.54, 1.807) is 18.3 Å². The third kappa shape index (κ3) is 2.85. The van der Waals surface area contributed by atoms with Gasteiger partial charge in [-0.05, 0) is 23.8 Å². The van der Waals surface area contributed by atoms with E-state index in [0.717, 1.165) is 5.56 Å². The molecule has 80 valence electrons. The minimum absolute atomic E-state index is 0.147. The van der Waals surface area contributed by atoms with E-state index in [0.29, 0.717) is 5.82 Å². The summed E-state index contributed by atoms with van der Waals surface area (Å²) in [5, 5.41) is 2.71. The van der Waals surface area contributed by atoms with Crippen molar-refractivity contribution in [3.63, 3.8) is 0 Å². The Labute approximate surface area is 93.8 Å². The van der Waals surface area contributed by atoms with Crippen LogP contribution in [0.15, 0.2) is 54.7 Å². The zero-order valence-electron chi connectivity index (χ0n) is 8.68. The van der Waals surface area contributed by atoms with Crippen LogP contribution in [0.1, 0.15) is 5.56 Å². The molecule has 0 atom stereocenters. The Kier molecular flexibility index (Phi) is 3.18. The molecule has 1 aromatic carbocycles. The van der Waals surface area contributed by atoms with E-state index in [2.05, 4.69) is 10.3 Å². The van der Waals surface area contributed by atoms with Crippen molar-refractivity contribution in [2.24, 2.45) is 0 Å². The first kappa shape index (κ1) is 10.2. The first-order chi connectivity index (χ1) is 7.84. The number of H-pyrrole nitrogens is 1. The van der Waals surface area contributed by atoms with Gasteiger partial charge in [0.15, 0.2) is 0 Å². The van der Waals surface area contributed by atoms with Crippen molar-refractivity contribution in [1.82, 2.24) is 4.98 Å². The van der Waals surface area contributed by atoms with Gasteiger partial charge in [0, 0.05) is 12.3 Å². The summed E-state index contributed by atoms with van der Waals surface area (Å²) in [4.78, 5) is 14.4. The van der Waals surface area contributed by atoms with Gasteiger partial charge in [-0.2, -0.15) is 0 Å². The van der Waals surface area contributed by atoms with Gasteiger partial charge in [-0.1, -0.05) is 30.3 Å². The van der Waals surface area contributed by atoms with Crippen LogP contribution in [-0.2, 0) is 4.79 Å². The Morgan fingerprint density at radius 1 is 1.12 bits per heavy atom. The minimum Gasteiger partial charge on any atom is -0.348 e. The largest absolute Gasteiger partial charge is 0.348 e. The van der Waals surface area contributed by atoms with Crippen LogP contribution in [0, 0.1) is 0 Å². The monoisotopic (exact) mass is 212 g/mol. The molecule has 16 heavy (non-hydrogen) atoms. The molecular weight excluding hydrogens is 200 g/mol. The maximum atomic E-state index is 11.5. The fourth-order valence-corrected chi connectivity index (χ4v) is 1.32. The predicted molar refractivity (Wildman–Crippen MR) is 64.9 cm³/mol. The third-order valence-corrected chi connectivity index (χ3v) is 2.08. The van der Waals surface area contributed by atoms with E-state index in [9.17, 15) is 4.79 Å². The molecule has 0 spiro atoms. The summed E-state index contributed by atoms with van der Waals surface area (Å²) in [6.45, 7) is 0. The summed E-state index contributed by atoms with van der Waals surface area (Å²) in [5.41, 5.74) is 1.00. The lowest BCUT2D eigenvalue weighted by atomic mass is 10.2. The number of aromatic amines is 1. The fraction of sp³-hybridized carbons (Fsp3) is 0. The highest BCUT2D eigenvalue weighted by molar-refractivity contribution is 6.01. The molecule has 1 amide bonds. The van der Waals surface area contributed by atoms with Crippen LogP contribution in [0.4, 0.5) is 5.82 Å². The Hall–Kier alpha value is -2.29. The number of amides is 1. The molecule has 0 unspecified atom stereocenters. The van der Waals surface area contributed by atoms with Crippen molar-refractivity contribution in [2.75, 3.05) is 5.32 Å². The molecule has 0 saturated carbocycles. The fourth-order valence-electron chi connectivity index (χ4n) is 1.32. The highest BCUT2D eigenvalue weighted by atomic mass is 16.1. The molecule has 0 aliphatic heterocycles. The van der Waals surface area contributed by atoms with Gasteiger partial charge in [-0.25, -0.2) is 0 Å². The molecular formula is C13H12N2O. The van der Waals surface area contributed by atoms with Crippen molar-refractivity contribution in [3.8, 4) is 0 Å². The van der Waals surface area contributed by atoms with E-state index in [-0.39, 0.29) is 5.91 Å². The number of hydrogen-bond donors (Lipinski definition) is 2. The molecule has 0 saturated heterocycles. The molecule has 0 radical (unpaired) electrons. The summed E-state index contributed by atoms with van der Waals surface area (Å²) in [5.74, 6) is 0.550. The normalized spacial score (nSPS) is 10.5. The zero-order chi connectivity index (χ0) is 11.2. The van der Waals surface area contributed by atoms with Crippen LogP contribution in [0.3, 0.4) is 0 Å². The van der Waals surface area contributed by atoms with Gasteiger partial charge in [0.25, 0.3) is 0 Å². The van der Waals surface area contributed by atoms with Gasteiger partial charge in [0.05, 0.1) is 0 Å². The van der Waals surface area contributed by atoms with Crippen LogP contribution in [0.5, 0.6) is 0 Å². The molecule has 2 N–H and O–H groups in total. The van der Waals surface area contributed by atoms with Crippen molar-refractivity contribution >= 4 is 17.8 Å². The summed E-state index contributed by atoms with van der Waals surface area (Å²) in [6, 6.07) is 13.3. The standard InChI is InChI=1S/C13H12N2O/c16-13(15-12-7-4-10-14-12)9-8-11-5-2-1-3-6-11/h1-10,14H,(H,15,16). The Morgan fingerprint density at radius 3 is 2.62 bits per heavy atom. The maximum absolute atomic E-state index is 11.5. The Balaban J connectivity index is 1.95. The SMILES string of the molecule is O=C(C=Cc1ccccc1)Nc1ccc[nH]1. The number of carbonyl (C=O) groups is 1. The van der Waals surface area contributed by atoms with Gasteiger partial charge in [-0.15, -0.1) is 0 Å². The maximum Gasteiger partial charge on any atom is 0.249 e. The molecule has 3 heteroatoms. The highest BCUT2D eigenvalue weighted by Gasteiger charge is 1.96. The van der Waals surface area contributed by atoms with Crippen molar-refractivity contribution in [2.45, 2.75) is 0 Å². The second kappa shape index (κ2) is 4.98. The lowest BCUT2D eigenvalue weighted by molar-refractivity contribution is -0.111. The Morgan fingerprint density at radius 2 is 1.94 bits per heavy atom. The van der Waals surface area contributed by atoms with Crippen molar-refractivity contribution in [3.05, 3.63) is 60.3 Å². The number of anilines is 1. The molecule has 0 fully saturated rings. The summed E-state index contributed by atoms with van der Waals surface area (Å²) in [7, 11) is 0. The van der Waals surface area contributed by atoms with E-state index in [1.165, 1.54) is 6.08 Å². The molecule has 0 aliphatic rings. The average molecular weight is 212 g/mol. The van der Waals surface area contributed by atoms with Crippen LogP contribution < -0.4 is 5.32 Å². The molecule has 3 nitrogen and oxygen atoms in total. The molecule has 2 aromatic rings. The summed E-state index contributed by atoms with van der Waals surface area (Å²) in [6.07, 6.45) is 5.05. The highest BCUT2D eigenvalue weighted by Crippen LogP contribution is 2.03. The third-order valence-electron chi connectivity index (χ3n) is 2.08. The predicted octanol–water partition coefficient (Wildman–Crippen LogP) is 2.67. The van der Waals surface area contributed by atoms with Gasteiger partial charge < -0.3 is 10.3 Å². The van der Waals surface area contributed by atoms with Gasteiger partial charge in [-0.3, -0.25) is 4.79 Å². The van der Waals surface area contributed by atoms with Crippen LogP contribution in [0.2, 0.25) is 0 Å². The Bertz CT molecular complexity index is 472. The number of aromatic nitrogens is 1. The number of hydrogen-bond acceptors (Lipinski definition) is 1. The van der Waals surface area contributed by atoms with E-state index >= 15 is 0 Å². The van der Waals surface area contributed by atoms with E-state index in [4.69, 9.17) is 0 Å². The number of nitrogens with one attached hydrogen (secondary N) is 2. The zero-order valence-corrected chi connectivity index (χ0v) is 8.68. The quantitative estimate of drug-likeness (QED) is 0.755. The average Bonchev–Trinajstić information content (AvgIpc) is 2.81. The number of benzene rings is 1. The molecule has 2 rings (SSSR count). The molecule has 1 aromatic heterocycles. The lowest BCUT2D eigenvalue weighted by Gasteiger charge is -1.97. The van der Waals surface area contributed by atoms with Crippen LogP contribution >= 0.6 is 0 Å².